The zero-order chi connectivity index (χ0) is 14.4. The smallest absolute Gasteiger partial charge is 0.144 e. The lowest BCUT2D eigenvalue weighted by Crippen LogP contribution is -2.30. The largest absolute Gasteiger partial charge is 0.370 e. The van der Waals surface area contributed by atoms with E-state index in [1.54, 1.807) is 0 Å². The van der Waals surface area contributed by atoms with Crippen molar-refractivity contribution >= 4 is 5.82 Å². The quantitative estimate of drug-likeness (QED) is 0.821. The zero-order valence-corrected chi connectivity index (χ0v) is 13.2. The standard InChI is InChI=1S/C15H28N4/c1-7-16-14-9-12(4)17-15(18-14)10-19(6)13(5)8-11(2)3/h9,11,13H,7-8,10H2,1-6H3,(H,16,17,18). The van der Waals surface area contributed by atoms with Crippen LogP contribution in [0.5, 0.6) is 0 Å². The molecule has 0 aliphatic heterocycles. The van der Waals surface area contributed by atoms with Gasteiger partial charge in [0.15, 0.2) is 0 Å². The SMILES string of the molecule is CCNc1cc(C)nc(CN(C)C(C)CC(C)C)n1. The summed E-state index contributed by atoms with van der Waals surface area (Å²) in [6, 6.07) is 2.54. The van der Waals surface area contributed by atoms with Gasteiger partial charge in [-0.25, -0.2) is 9.97 Å². The summed E-state index contributed by atoms with van der Waals surface area (Å²) in [5.41, 5.74) is 1.02. The maximum absolute atomic E-state index is 4.56. The van der Waals surface area contributed by atoms with Crippen LogP contribution < -0.4 is 5.32 Å². The maximum Gasteiger partial charge on any atom is 0.144 e. The number of hydrogen-bond acceptors (Lipinski definition) is 4. The van der Waals surface area contributed by atoms with Crippen LogP contribution in [0.15, 0.2) is 6.07 Å². The van der Waals surface area contributed by atoms with E-state index in [-0.39, 0.29) is 0 Å². The predicted octanol–water partition coefficient (Wildman–Crippen LogP) is 3.08. The van der Waals surface area contributed by atoms with Crippen LogP contribution in [0.2, 0.25) is 0 Å². The summed E-state index contributed by atoms with van der Waals surface area (Å²) in [4.78, 5) is 11.4. The van der Waals surface area contributed by atoms with Crippen molar-refractivity contribution in [2.45, 2.75) is 53.6 Å². The Labute approximate surface area is 117 Å². The summed E-state index contributed by atoms with van der Waals surface area (Å²) >= 11 is 0. The van der Waals surface area contributed by atoms with Gasteiger partial charge in [0.25, 0.3) is 0 Å². The third kappa shape index (κ3) is 5.55. The molecule has 19 heavy (non-hydrogen) atoms. The van der Waals surface area contributed by atoms with Crippen molar-refractivity contribution in [2.24, 2.45) is 5.92 Å². The van der Waals surface area contributed by atoms with Crippen LogP contribution in [-0.2, 0) is 6.54 Å². The third-order valence-electron chi connectivity index (χ3n) is 3.21. The highest BCUT2D eigenvalue weighted by atomic mass is 15.2. The summed E-state index contributed by atoms with van der Waals surface area (Å²) in [7, 11) is 2.14. The minimum absolute atomic E-state index is 0.548. The van der Waals surface area contributed by atoms with E-state index in [2.05, 4.69) is 54.9 Å². The van der Waals surface area contributed by atoms with E-state index >= 15 is 0 Å². The highest BCUT2D eigenvalue weighted by Gasteiger charge is 2.13. The molecule has 0 aliphatic rings. The van der Waals surface area contributed by atoms with Crippen LogP contribution >= 0.6 is 0 Å². The second kappa shape index (κ2) is 7.43. The first kappa shape index (κ1) is 15.9. The first-order chi connectivity index (χ1) is 8.92. The Bertz CT molecular complexity index is 390. The molecule has 1 N–H and O–H groups in total. The Morgan fingerprint density at radius 2 is 1.95 bits per heavy atom. The van der Waals surface area contributed by atoms with Crippen molar-refractivity contribution in [3.05, 3.63) is 17.6 Å². The molecule has 1 aromatic rings. The zero-order valence-electron chi connectivity index (χ0n) is 13.2. The van der Waals surface area contributed by atoms with E-state index in [1.165, 1.54) is 6.42 Å². The van der Waals surface area contributed by atoms with Crippen LogP contribution in [0.3, 0.4) is 0 Å². The van der Waals surface area contributed by atoms with E-state index in [4.69, 9.17) is 0 Å². The second-order valence-corrected chi connectivity index (χ2v) is 5.73. The molecule has 1 unspecified atom stereocenters. The van der Waals surface area contributed by atoms with E-state index in [0.717, 1.165) is 30.4 Å². The molecule has 1 atom stereocenters. The molecule has 0 bridgehead atoms. The number of hydrogen-bond donors (Lipinski definition) is 1. The first-order valence-corrected chi connectivity index (χ1v) is 7.21. The molecule has 1 rings (SSSR count). The lowest BCUT2D eigenvalue weighted by molar-refractivity contribution is 0.216. The Hall–Kier alpha value is -1.16. The Morgan fingerprint density at radius 3 is 2.53 bits per heavy atom. The summed E-state index contributed by atoms with van der Waals surface area (Å²) in [6.45, 7) is 12.6. The number of nitrogens with one attached hydrogen (secondary N) is 1. The van der Waals surface area contributed by atoms with Gasteiger partial charge in [0.05, 0.1) is 6.54 Å². The molecule has 0 aliphatic carbocycles. The number of anilines is 1. The molecule has 4 nitrogen and oxygen atoms in total. The molecule has 0 spiro atoms. The molecule has 0 saturated heterocycles. The molecule has 0 amide bonds. The number of aromatic nitrogens is 2. The normalized spacial score (nSPS) is 13.1. The number of rotatable bonds is 7. The van der Waals surface area contributed by atoms with Crippen LogP contribution in [0.1, 0.15) is 45.6 Å². The van der Waals surface area contributed by atoms with Gasteiger partial charge in [0.1, 0.15) is 11.6 Å². The van der Waals surface area contributed by atoms with Crippen molar-refractivity contribution in [3.63, 3.8) is 0 Å². The van der Waals surface area contributed by atoms with Crippen molar-refractivity contribution in [1.82, 2.24) is 14.9 Å². The molecule has 0 saturated carbocycles. The molecule has 1 heterocycles. The molecule has 108 valence electrons. The summed E-state index contributed by atoms with van der Waals surface area (Å²) in [5.74, 6) is 2.54. The van der Waals surface area contributed by atoms with Crippen molar-refractivity contribution in [2.75, 3.05) is 18.9 Å². The van der Waals surface area contributed by atoms with Gasteiger partial charge in [0.2, 0.25) is 0 Å². The monoisotopic (exact) mass is 264 g/mol. The van der Waals surface area contributed by atoms with E-state index in [1.807, 2.05) is 13.0 Å². The lowest BCUT2D eigenvalue weighted by Gasteiger charge is -2.25. The average Bonchev–Trinajstić information content (AvgIpc) is 2.27. The maximum atomic E-state index is 4.56. The van der Waals surface area contributed by atoms with Gasteiger partial charge in [-0.3, -0.25) is 4.90 Å². The minimum atomic E-state index is 0.548. The van der Waals surface area contributed by atoms with E-state index in [9.17, 15) is 0 Å². The molecular formula is C15H28N4. The van der Waals surface area contributed by atoms with Crippen LogP contribution in [0.4, 0.5) is 5.82 Å². The number of aryl methyl sites for hydroxylation is 1. The van der Waals surface area contributed by atoms with Crippen molar-refractivity contribution in [3.8, 4) is 0 Å². The minimum Gasteiger partial charge on any atom is -0.370 e. The average molecular weight is 264 g/mol. The fourth-order valence-corrected chi connectivity index (χ4v) is 2.21. The molecule has 4 heteroatoms. The van der Waals surface area contributed by atoms with Gasteiger partial charge >= 0.3 is 0 Å². The third-order valence-corrected chi connectivity index (χ3v) is 3.21. The topological polar surface area (TPSA) is 41.1 Å². The molecular weight excluding hydrogens is 236 g/mol. The van der Waals surface area contributed by atoms with Gasteiger partial charge in [-0.1, -0.05) is 13.8 Å². The summed E-state index contributed by atoms with van der Waals surface area (Å²) < 4.78 is 0. The second-order valence-electron chi connectivity index (χ2n) is 5.73. The van der Waals surface area contributed by atoms with Crippen LogP contribution in [-0.4, -0.2) is 34.5 Å². The summed E-state index contributed by atoms with van der Waals surface area (Å²) in [5, 5.41) is 3.25. The highest BCUT2D eigenvalue weighted by Crippen LogP contribution is 2.13. The van der Waals surface area contributed by atoms with Crippen molar-refractivity contribution in [1.29, 1.82) is 0 Å². The highest BCUT2D eigenvalue weighted by molar-refractivity contribution is 5.35. The van der Waals surface area contributed by atoms with Gasteiger partial charge < -0.3 is 5.32 Å². The lowest BCUT2D eigenvalue weighted by atomic mass is 10.0. The van der Waals surface area contributed by atoms with Crippen molar-refractivity contribution < 1.29 is 0 Å². The van der Waals surface area contributed by atoms with Gasteiger partial charge in [-0.05, 0) is 40.2 Å². The fourth-order valence-electron chi connectivity index (χ4n) is 2.21. The Kier molecular flexibility index (Phi) is 6.22. The fraction of sp³-hybridized carbons (Fsp3) is 0.733. The van der Waals surface area contributed by atoms with Gasteiger partial charge in [-0.15, -0.1) is 0 Å². The van der Waals surface area contributed by atoms with Gasteiger partial charge in [0, 0.05) is 24.3 Å². The predicted molar refractivity (Wildman–Crippen MR) is 81.3 cm³/mol. The van der Waals surface area contributed by atoms with E-state index in [0.29, 0.717) is 12.0 Å². The van der Waals surface area contributed by atoms with E-state index < -0.39 is 0 Å². The van der Waals surface area contributed by atoms with Crippen LogP contribution in [0, 0.1) is 12.8 Å². The first-order valence-electron chi connectivity index (χ1n) is 7.21. The van der Waals surface area contributed by atoms with Gasteiger partial charge in [-0.2, -0.15) is 0 Å². The molecule has 0 aromatic carbocycles. The molecule has 0 radical (unpaired) electrons. The molecule has 1 aromatic heterocycles. The Balaban J connectivity index is 2.70. The van der Waals surface area contributed by atoms with Crippen LogP contribution in [0.25, 0.3) is 0 Å². The number of nitrogens with zero attached hydrogens (tertiary/aromatic N) is 3. The summed E-state index contributed by atoms with van der Waals surface area (Å²) in [6.07, 6.45) is 1.20. The Morgan fingerprint density at radius 1 is 1.26 bits per heavy atom. The molecule has 0 fully saturated rings.